The first-order chi connectivity index (χ1) is 10.9. The molecular weight excluding hydrogens is 286 g/mol. The lowest BCUT2D eigenvalue weighted by Gasteiger charge is -2.22. The van der Waals surface area contributed by atoms with Crippen molar-refractivity contribution >= 4 is 5.91 Å². The summed E-state index contributed by atoms with van der Waals surface area (Å²) in [5.41, 5.74) is 3.79. The fourth-order valence-electron chi connectivity index (χ4n) is 2.56. The quantitative estimate of drug-likeness (QED) is 0.888. The Morgan fingerprint density at radius 3 is 2.22 bits per heavy atom. The number of aliphatic hydroxyl groups excluding tert-OH is 1. The minimum absolute atomic E-state index is 0.0255. The highest BCUT2D eigenvalue weighted by molar-refractivity contribution is 5.96. The SMILES string of the molecule is CC(C)(C)c1ccccc1C(=O)NCCc1ccc(CO)cc1. The lowest BCUT2D eigenvalue weighted by molar-refractivity contribution is 0.0952. The summed E-state index contributed by atoms with van der Waals surface area (Å²) in [6.07, 6.45) is 0.773. The molecule has 0 heterocycles. The number of benzene rings is 2. The standard InChI is InChI=1S/C20H25NO2/c1-20(2,3)18-7-5-4-6-17(18)19(23)21-13-12-15-8-10-16(14-22)11-9-15/h4-11,22H,12-14H2,1-3H3,(H,21,23). The van der Waals surface area contributed by atoms with E-state index >= 15 is 0 Å². The van der Waals surface area contributed by atoms with E-state index in [2.05, 4.69) is 26.1 Å². The number of carbonyl (C=O) groups is 1. The van der Waals surface area contributed by atoms with Gasteiger partial charge in [0.25, 0.3) is 5.91 Å². The summed E-state index contributed by atoms with van der Waals surface area (Å²) < 4.78 is 0. The van der Waals surface area contributed by atoms with Crippen LogP contribution in [0.1, 0.15) is 47.8 Å². The van der Waals surface area contributed by atoms with Crippen molar-refractivity contribution in [2.45, 2.75) is 39.2 Å². The number of rotatable bonds is 5. The van der Waals surface area contributed by atoms with Gasteiger partial charge in [0.1, 0.15) is 0 Å². The first kappa shape index (κ1) is 17.2. The predicted octanol–water partition coefficient (Wildman–Crippen LogP) is 3.45. The normalized spacial score (nSPS) is 11.3. The minimum Gasteiger partial charge on any atom is -0.392 e. The maximum atomic E-state index is 12.5. The summed E-state index contributed by atoms with van der Waals surface area (Å²) >= 11 is 0. The van der Waals surface area contributed by atoms with E-state index in [1.807, 2.05) is 48.5 Å². The van der Waals surface area contributed by atoms with Gasteiger partial charge in [-0.25, -0.2) is 0 Å². The van der Waals surface area contributed by atoms with Crippen molar-refractivity contribution in [3.05, 3.63) is 70.8 Å². The highest BCUT2D eigenvalue weighted by atomic mass is 16.3. The lowest BCUT2D eigenvalue weighted by Crippen LogP contribution is -2.28. The maximum absolute atomic E-state index is 12.5. The van der Waals surface area contributed by atoms with Gasteiger partial charge in [-0.1, -0.05) is 63.2 Å². The van der Waals surface area contributed by atoms with Gasteiger partial charge < -0.3 is 10.4 Å². The van der Waals surface area contributed by atoms with Gasteiger partial charge in [-0.3, -0.25) is 4.79 Å². The summed E-state index contributed by atoms with van der Waals surface area (Å²) in [6.45, 7) is 6.99. The number of nitrogens with one attached hydrogen (secondary N) is 1. The molecule has 0 fully saturated rings. The van der Waals surface area contributed by atoms with Crippen LogP contribution in [0.4, 0.5) is 0 Å². The van der Waals surface area contributed by atoms with Gasteiger partial charge >= 0.3 is 0 Å². The van der Waals surface area contributed by atoms with E-state index in [1.165, 1.54) is 0 Å². The van der Waals surface area contributed by atoms with E-state index < -0.39 is 0 Å². The van der Waals surface area contributed by atoms with E-state index in [9.17, 15) is 4.79 Å². The fourth-order valence-corrected chi connectivity index (χ4v) is 2.56. The van der Waals surface area contributed by atoms with E-state index in [-0.39, 0.29) is 17.9 Å². The van der Waals surface area contributed by atoms with E-state index in [0.717, 1.165) is 28.7 Å². The second kappa shape index (κ2) is 7.42. The van der Waals surface area contributed by atoms with Crippen LogP contribution >= 0.6 is 0 Å². The van der Waals surface area contributed by atoms with Gasteiger partial charge in [0, 0.05) is 12.1 Å². The van der Waals surface area contributed by atoms with Crippen LogP contribution in [0, 0.1) is 0 Å². The Bertz CT molecular complexity index is 654. The molecule has 0 saturated heterocycles. The average molecular weight is 311 g/mol. The van der Waals surface area contributed by atoms with E-state index in [1.54, 1.807) is 0 Å². The summed E-state index contributed by atoms with van der Waals surface area (Å²) in [7, 11) is 0. The van der Waals surface area contributed by atoms with Crippen LogP contribution in [0.5, 0.6) is 0 Å². The summed E-state index contributed by atoms with van der Waals surface area (Å²) in [4.78, 5) is 12.5. The van der Waals surface area contributed by atoms with Gasteiger partial charge in [0.15, 0.2) is 0 Å². The molecule has 23 heavy (non-hydrogen) atoms. The van der Waals surface area contributed by atoms with Crippen molar-refractivity contribution in [2.75, 3.05) is 6.54 Å². The maximum Gasteiger partial charge on any atom is 0.251 e. The summed E-state index contributed by atoms with van der Waals surface area (Å²) in [6, 6.07) is 15.6. The van der Waals surface area contributed by atoms with Gasteiger partial charge in [0.05, 0.1) is 6.61 Å². The number of hydrogen-bond donors (Lipinski definition) is 2. The van der Waals surface area contributed by atoms with Gasteiger partial charge in [-0.15, -0.1) is 0 Å². The molecule has 3 heteroatoms. The molecule has 0 aliphatic rings. The van der Waals surface area contributed by atoms with Crippen LogP contribution < -0.4 is 5.32 Å². The third-order valence-electron chi connectivity index (χ3n) is 3.88. The van der Waals surface area contributed by atoms with Crippen LogP contribution in [0.15, 0.2) is 48.5 Å². The molecule has 0 aliphatic carbocycles. The first-order valence-electron chi connectivity index (χ1n) is 7.98. The van der Waals surface area contributed by atoms with Gasteiger partial charge in [0.2, 0.25) is 0 Å². The fraction of sp³-hybridized carbons (Fsp3) is 0.350. The Balaban J connectivity index is 1.97. The Morgan fingerprint density at radius 1 is 1.00 bits per heavy atom. The second-order valence-corrected chi connectivity index (χ2v) is 6.78. The molecule has 0 spiro atoms. The minimum atomic E-state index is -0.0614. The van der Waals surface area contributed by atoms with E-state index in [4.69, 9.17) is 5.11 Å². The van der Waals surface area contributed by atoms with Gasteiger partial charge in [-0.05, 0) is 34.6 Å². The van der Waals surface area contributed by atoms with Crippen LogP contribution in [-0.4, -0.2) is 17.6 Å². The molecule has 0 radical (unpaired) electrons. The summed E-state index contributed by atoms with van der Waals surface area (Å²) in [5, 5.41) is 12.0. The monoisotopic (exact) mass is 311 g/mol. The topological polar surface area (TPSA) is 49.3 Å². The Kier molecular flexibility index (Phi) is 5.56. The molecule has 0 atom stereocenters. The smallest absolute Gasteiger partial charge is 0.251 e. The Morgan fingerprint density at radius 2 is 1.61 bits per heavy atom. The zero-order valence-corrected chi connectivity index (χ0v) is 14.1. The zero-order chi connectivity index (χ0) is 16.9. The lowest BCUT2D eigenvalue weighted by atomic mass is 9.83. The largest absolute Gasteiger partial charge is 0.392 e. The first-order valence-corrected chi connectivity index (χ1v) is 7.98. The van der Waals surface area contributed by atoms with Crippen molar-refractivity contribution < 1.29 is 9.90 Å². The average Bonchev–Trinajstić information content (AvgIpc) is 2.54. The highest BCUT2D eigenvalue weighted by Gasteiger charge is 2.20. The molecule has 2 aromatic carbocycles. The van der Waals surface area contributed by atoms with Crippen LogP contribution in [0.3, 0.4) is 0 Å². The zero-order valence-electron chi connectivity index (χ0n) is 14.1. The van der Waals surface area contributed by atoms with Crippen molar-refractivity contribution in [1.82, 2.24) is 5.32 Å². The highest BCUT2D eigenvalue weighted by Crippen LogP contribution is 2.25. The number of aliphatic hydroxyl groups is 1. The Labute approximate surface area is 138 Å². The van der Waals surface area contributed by atoms with Crippen LogP contribution in [0.2, 0.25) is 0 Å². The van der Waals surface area contributed by atoms with Crippen molar-refractivity contribution in [1.29, 1.82) is 0 Å². The van der Waals surface area contributed by atoms with Crippen molar-refractivity contribution in [2.24, 2.45) is 0 Å². The van der Waals surface area contributed by atoms with E-state index in [0.29, 0.717) is 6.54 Å². The van der Waals surface area contributed by atoms with Crippen molar-refractivity contribution in [3.8, 4) is 0 Å². The third-order valence-corrected chi connectivity index (χ3v) is 3.88. The molecule has 1 amide bonds. The molecule has 2 rings (SSSR count). The molecule has 0 aliphatic heterocycles. The second-order valence-electron chi connectivity index (χ2n) is 6.78. The van der Waals surface area contributed by atoms with Gasteiger partial charge in [-0.2, -0.15) is 0 Å². The number of hydrogen-bond acceptors (Lipinski definition) is 2. The predicted molar refractivity (Wildman–Crippen MR) is 93.5 cm³/mol. The molecule has 0 bridgehead atoms. The molecule has 0 saturated carbocycles. The van der Waals surface area contributed by atoms with Crippen LogP contribution in [0.25, 0.3) is 0 Å². The molecule has 3 nitrogen and oxygen atoms in total. The molecule has 122 valence electrons. The molecule has 0 unspecified atom stereocenters. The molecule has 0 aromatic heterocycles. The summed E-state index contributed by atoms with van der Waals surface area (Å²) in [5.74, 6) is -0.0255. The Hall–Kier alpha value is -2.13. The molecular formula is C20H25NO2. The number of amides is 1. The van der Waals surface area contributed by atoms with Crippen molar-refractivity contribution in [3.63, 3.8) is 0 Å². The van der Waals surface area contributed by atoms with Crippen LogP contribution in [-0.2, 0) is 18.4 Å². The number of carbonyl (C=O) groups excluding carboxylic acids is 1. The molecule has 2 aromatic rings. The third kappa shape index (κ3) is 4.67. The molecule has 2 N–H and O–H groups in total.